The first kappa shape index (κ1) is 12.6. The minimum absolute atomic E-state index is 0.733. The van der Waals surface area contributed by atoms with Crippen LogP contribution in [0.4, 0.5) is 0 Å². The predicted octanol–water partition coefficient (Wildman–Crippen LogP) is 3.15. The van der Waals surface area contributed by atoms with Crippen LogP contribution in [0.25, 0.3) is 0 Å². The lowest BCUT2D eigenvalue weighted by molar-refractivity contribution is 0.214. The van der Waals surface area contributed by atoms with Crippen molar-refractivity contribution in [1.82, 2.24) is 10.6 Å². The molecule has 2 aliphatic rings. The molecule has 1 saturated carbocycles. The molecular weight excluding hydrogens is 240 g/mol. The van der Waals surface area contributed by atoms with Gasteiger partial charge in [-0.25, -0.2) is 0 Å². The summed E-state index contributed by atoms with van der Waals surface area (Å²) in [6, 6.07) is 5.91. The van der Waals surface area contributed by atoms with Gasteiger partial charge in [0, 0.05) is 23.5 Å². The van der Waals surface area contributed by atoms with Crippen LogP contribution in [0.15, 0.2) is 17.5 Å². The second-order valence-electron chi connectivity index (χ2n) is 5.72. The maximum atomic E-state index is 3.82. The molecule has 2 nitrogen and oxygen atoms in total. The van der Waals surface area contributed by atoms with Crippen LogP contribution in [0.1, 0.15) is 43.4 Å². The summed E-state index contributed by atoms with van der Waals surface area (Å²) in [5.41, 5.74) is 0. The van der Waals surface area contributed by atoms with Crippen LogP contribution < -0.4 is 10.6 Å². The molecule has 3 rings (SSSR count). The van der Waals surface area contributed by atoms with E-state index in [0.717, 1.165) is 24.5 Å². The number of rotatable bonds is 4. The standard InChI is InChI=1S/C15H24N2S/c1-2-7-15(17-11-12-5-4-10-18-12)13(6-1)14-8-3-9-16-14/h4-5,10,13-17H,1-3,6-9,11H2. The molecule has 3 unspecified atom stereocenters. The van der Waals surface area contributed by atoms with Gasteiger partial charge in [0.1, 0.15) is 0 Å². The van der Waals surface area contributed by atoms with Crippen LogP contribution in [-0.4, -0.2) is 18.6 Å². The largest absolute Gasteiger partial charge is 0.314 e. The van der Waals surface area contributed by atoms with Gasteiger partial charge in [0.2, 0.25) is 0 Å². The summed E-state index contributed by atoms with van der Waals surface area (Å²) >= 11 is 1.87. The van der Waals surface area contributed by atoms with Crippen molar-refractivity contribution in [3.63, 3.8) is 0 Å². The molecule has 18 heavy (non-hydrogen) atoms. The zero-order valence-electron chi connectivity index (χ0n) is 11.0. The van der Waals surface area contributed by atoms with Crippen molar-refractivity contribution in [2.75, 3.05) is 6.54 Å². The van der Waals surface area contributed by atoms with Crippen LogP contribution >= 0.6 is 11.3 Å². The zero-order valence-corrected chi connectivity index (χ0v) is 11.8. The Labute approximate surface area is 114 Å². The van der Waals surface area contributed by atoms with Crippen molar-refractivity contribution in [2.24, 2.45) is 5.92 Å². The Bertz CT molecular complexity index is 343. The second-order valence-corrected chi connectivity index (χ2v) is 6.75. The minimum Gasteiger partial charge on any atom is -0.314 e. The zero-order chi connectivity index (χ0) is 12.2. The maximum Gasteiger partial charge on any atom is 0.0302 e. The Balaban J connectivity index is 1.57. The summed E-state index contributed by atoms with van der Waals surface area (Å²) < 4.78 is 0. The SMILES string of the molecule is c1csc(CNC2CCCCC2C2CCCN2)c1. The molecule has 0 radical (unpaired) electrons. The van der Waals surface area contributed by atoms with E-state index in [1.54, 1.807) is 0 Å². The Morgan fingerprint density at radius 1 is 1.22 bits per heavy atom. The van der Waals surface area contributed by atoms with E-state index in [-0.39, 0.29) is 0 Å². The number of hydrogen-bond donors (Lipinski definition) is 2. The molecule has 100 valence electrons. The highest BCUT2D eigenvalue weighted by Crippen LogP contribution is 2.30. The Kier molecular flexibility index (Phi) is 4.34. The van der Waals surface area contributed by atoms with Gasteiger partial charge in [-0.15, -0.1) is 11.3 Å². The average Bonchev–Trinajstić information content (AvgIpc) is 3.10. The van der Waals surface area contributed by atoms with Crippen molar-refractivity contribution >= 4 is 11.3 Å². The van der Waals surface area contributed by atoms with Gasteiger partial charge in [0.25, 0.3) is 0 Å². The Morgan fingerprint density at radius 3 is 2.94 bits per heavy atom. The first-order chi connectivity index (χ1) is 8.93. The van der Waals surface area contributed by atoms with Crippen LogP contribution in [0.2, 0.25) is 0 Å². The lowest BCUT2D eigenvalue weighted by atomic mass is 9.79. The maximum absolute atomic E-state index is 3.82. The van der Waals surface area contributed by atoms with E-state index < -0.39 is 0 Å². The second kappa shape index (κ2) is 6.18. The average molecular weight is 264 g/mol. The Morgan fingerprint density at radius 2 is 2.17 bits per heavy atom. The smallest absolute Gasteiger partial charge is 0.0302 e. The molecule has 1 aliphatic carbocycles. The number of nitrogens with one attached hydrogen (secondary N) is 2. The molecule has 2 heterocycles. The molecule has 0 bridgehead atoms. The Hall–Kier alpha value is -0.380. The van der Waals surface area contributed by atoms with Crippen molar-refractivity contribution in [1.29, 1.82) is 0 Å². The van der Waals surface area contributed by atoms with Gasteiger partial charge >= 0.3 is 0 Å². The van der Waals surface area contributed by atoms with E-state index in [1.165, 1.54) is 49.9 Å². The topological polar surface area (TPSA) is 24.1 Å². The highest BCUT2D eigenvalue weighted by molar-refractivity contribution is 7.09. The van der Waals surface area contributed by atoms with Crippen LogP contribution in [0, 0.1) is 5.92 Å². The number of thiophene rings is 1. The molecule has 3 heteroatoms. The molecule has 1 aliphatic heterocycles. The van der Waals surface area contributed by atoms with Crippen LogP contribution in [0.5, 0.6) is 0 Å². The summed E-state index contributed by atoms with van der Waals surface area (Å²) in [6.07, 6.45) is 8.39. The molecule has 1 aromatic heterocycles. The van der Waals surface area contributed by atoms with Crippen LogP contribution in [-0.2, 0) is 6.54 Å². The summed E-state index contributed by atoms with van der Waals surface area (Å²) in [6.45, 7) is 2.30. The molecule has 1 saturated heterocycles. The quantitative estimate of drug-likeness (QED) is 0.873. The van der Waals surface area contributed by atoms with Gasteiger partial charge in [-0.3, -0.25) is 0 Å². The van der Waals surface area contributed by atoms with Gasteiger partial charge in [0.15, 0.2) is 0 Å². The van der Waals surface area contributed by atoms with Gasteiger partial charge in [0.05, 0.1) is 0 Å². The summed E-state index contributed by atoms with van der Waals surface area (Å²) in [5.74, 6) is 0.862. The fraction of sp³-hybridized carbons (Fsp3) is 0.733. The van der Waals surface area contributed by atoms with Crippen molar-refractivity contribution in [2.45, 2.75) is 57.2 Å². The van der Waals surface area contributed by atoms with Crippen molar-refractivity contribution < 1.29 is 0 Å². The molecule has 3 atom stereocenters. The van der Waals surface area contributed by atoms with E-state index in [1.807, 2.05) is 11.3 Å². The molecular formula is C15H24N2S. The van der Waals surface area contributed by atoms with Crippen molar-refractivity contribution in [3.8, 4) is 0 Å². The fourth-order valence-electron chi connectivity index (χ4n) is 3.62. The molecule has 2 fully saturated rings. The third-order valence-corrected chi connectivity index (χ3v) is 5.43. The van der Waals surface area contributed by atoms with Gasteiger partial charge < -0.3 is 10.6 Å². The summed E-state index contributed by atoms with van der Waals surface area (Å²) in [7, 11) is 0. The normalized spacial score (nSPS) is 32.8. The van der Waals surface area contributed by atoms with E-state index in [9.17, 15) is 0 Å². The fourth-order valence-corrected chi connectivity index (χ4v) is 4.27. The highest BCUT2D eigenvalue weighted by Gasteiger charge is 2.32. The van der Waals surface area contributed by atoms with E-state index in [4.69, 9.17) is 0 Å². The lowest BCUT2D eigenvalue weighted by Gasteiger charge is -2.36. The number of hydrogen-bond acceptors (Lipinski definition) is 3. The molecule has 1 aromatic rings. The third kappa shape index (κ3) is 2.95. The monoisotopic (exact) mass is 264 g/mol. The summed E-state index contributed by atoms with van der Waals surface area (Å²) in [5, 5.41) is 9.71. The predicted molar refractivity (Wildman–Crippen MR) is 77.9 cm³/mol. The summed E-state index contributed by atoms with van der Waals surface area (Å²) in [4.78, 5) is 1.47. The molecule has 2 N–H and O–H groups in total. The van der Waals surface area contributed by atoms with Crippen molar-refractivity contribution in [3.05, 3.63) is 22.4 Å². The molecule has 0 amide bonds. The van der Waals surface area contributed by atoms with Crippen LogP contribution in [0.3, 0.4) is 0 Å². The first-order valence-corrected chi connectivity index (χ1v) is 8.30. The highest BCUT2D eigenvalue weighted by atomic mass is 32.1. The van der Waals surface area contributed by atoms with E-state index in [0.29, 0.717) is 0 Å². The van der Waals surface area contributed by atoms with Gasteiger partial charge in [-0.2, -0.15) is 0 Å². The molecule has 0 aromatic carbocycles. The third-order valence-electron chi connectivity index (χ3n) is 4.55. The van der Waals surface area contributed by atoms with Gasteiger partial charge in [-0.1, -0.05) is 18.9 Å². The molecule has 0 spiro atoms. The van der Waals surface area contributed by atoms with E-state index in [2.05, 4.69) is 28.1 Å². The first-order valence-electron chi connectivity index (χ1n) is 7.42. The van der Waals surface area contributed by atoms with E-state index >= 15 is 0 Å². The van der Waals surface area contributed by atoms with Gasteiger partial charge in [-0.05, 0) is 49.6 Å². The lowest BCUT2D eigenvalue weighted by Crippen LogP contribution is -2.46. The minimum atomic E-state index is 0.733.